The molecule has 1 fully saturated rings. The van der Waals surface area contributed by atoms with Gasteiger partial charge in [-0.05, 0) is 89.8 Å². The number of carbonyl (C=O) groups excluding carboxylic acids is 1. The van der Waals surface area contributed by atoms with Crippen LogP contribution in [-0.4, -0.2) is 28.2 Å². The molecule has 0 aliphatic heterocycles. The van der Waals surface area contributed by atoms with Gasteiger partial charge >= 0.3 is 13.8 Å². The van der Waals surface area contributed by atoms with E-state index in [2.05, 4.69) is 26.5 Å². The molecule has 7 nitrogen and oxygen atoms in total. The maximum absolute atomic E-state index is 13.1. The molecule has 1 saturated carbocycles. The van der Waals surface area contributed by atoms with E-state index in [-0.39, 0.29) is 30.4 Å². The first kappa shape index (κ1) is 29.6. The number of hydrogen-bond donors (Lipinski definition) is 2. The zero-order valence-electron chi connectivity index (χ0n) is 22.9. The highest BCUT2D eigenvalue weighted by Crippen LogP contribution is 2.51. The fraction of sp³-hybridized carbons (Fsp3) is 0.621. The molecule has 0 spiro atoms. The first-order valence-corrected chi connectivity index (χ1v) is 15.0. The summed E-state index contributed by atoms with van der Waals surface area (Å²) in [5.41, 5.74) is 3.83. The van der Waals surface area contributed by atoms with E-state index >= 15 is 0 Å². The summed E-state index contributed by atoms with van der Waals surface area (Å²) in [5.74, 6) is -0.348. The fourth-order valence-electron chi connectivity index (χ4n) is 5.23. The molecule has 0 heterocycles. The van der Waals surface area contributed by atoms with Crippen molar-refractivity contribution in [1.29, 1.82) is 0 Å². The van der Waals surface area contributed by atoms with Crippen LogP contribution in [0.15, 0.2) is 35.9 Å². The molecule has 3 rings (SSSR count). The number of benzene rings is 1. The molecule has 0 aromatic heterocycles. The number of ether oxygens (including phenoxy) is 1. The topological polar surface area (TPSA) is 102 Å². The number of phosphoric acid groups is 1. The summed E-state index contributed by atoms with van der Waals surface area (Å²) >= 11 is 0. The Hall–Kier alpha value is -1.92. The lowest BCUT2D eigenvalue weighted by Gasteiger charge is -2.35. The molecule has 37 heavy (non-hydrogen) atoms. The van der Waals surface area contributed by atoms with Gasteiger partial charge in [-0.2, -0.15) is 0 Å². The van der Waals surface area contributed by atoms with Gasteiger partial charge in [0.1, 0.15) is 11.5 Å². The van der Waals surface area contributed by atoms with Gasteiger partial charge in [-0.1, -0.05) is 43.6 Å². The molecule has 8 heteroatoms. The third-order valence-electron chi connectivity index (χ3n) is 7.23. The first-order chi connectivity index (χ1) is 17.4. The number of aryl methyl sites for hydroxylation is 1. The largest absolute Gasteiger partial charge is 0.507 e. The predicted molar refractivity (Wildman–Crippen MR) is 145 cm³/mol. The molecule has 1 aromatic carbocycles. The van der Waals surface area contributed by atoms with E-state index in [4.69, 9.17) is 13.8 Å². The van der Waals surface area contributed by atoms with Gasteiger partial charge in [0.2, 0.25) is 0 Å². The van der Waals surface area contributed by atoms with Gasteiger partial charge in [0.15, 0.2) is 0 Å². The molecule has 1 aromatic rings. The summed E-state index contributed by atoms with van der Waals surface area (Å²) < 4.78 is 28.2. The summed E-state index contributed by atoms with van der Waals surface area (Å²) in [6.07, 6.45) is 7.56. The van der Waals surface area contributed by atoms with E-state index in [0.717, 1.165) is 49.7 Å². The molecule has 0 amide bonds. The Bertz CT molecular complexity index is 1050. The lowest BCUT2D eigenvalue weighted by atomic mass is 9.73. The number of hydrogen-bond acceptors (Lipinski definition) is 6. The molecule has 2 N–H and O–H groups in total. The van der Waals surface area contributed by atoms with Crippen LogP contribution in [0.3, 0.4) is 0 Å². The summed E-state index contributed by atoms with van der Waals surface area (Å²) in [4.78, 5) is 23.0. The Morgan fingerprint density at radius 1 is 1.24 bits per heavy atom. The van der Waals surface area contributed by atoms with Crippen LogP contribution in [0.5, 0.6) is 11.5 Å². The summed E-state index contributed by atoms with van der Waals surface area (Å²) in [6.45, 7) is 13.7. The quantitative estimate of drug-likeness (QED) is 0.0949. The molecule has 0 radical (unpaired) electrons. The van der Waals surface area contributed by atoms with Crippen LogP contribution in [0.4, 0.5) is 0 Å². The van der Waals surface area contributed by atoms with Crippen LogP contribution >= 0.6 is 7.82 Å². The third-order valence-corrected chi connectivity index (χ3v) is 8.48. The number of rotatable bonds is 12. The smallest absolute Gasteiger partial charge is 0.472 e. The molecule has 3 atom stereocenters. The zero-order valence-corrected chi connectivity index (χ0v) is 23.8. The van der Waals surface area contributed by atoms with Crippen molar-refractivity contribution < 1.29 is 33.1 Å². The van der Waals surface area contributed by atoms with E-state index in [1.165, 1.54) is 5.57 Å². The second-order valence-corrected chi connectivity index (χ2v) is 12.3. The van der Waals surface area contributed by atoms with Crippen molar-refractivity contribution in [2.24, 2.45) is 11.8 Å². The minimum absolute atomic E-state index is 0.135. The molecule has 0 saturated heterocycles. The lowest BCUT2D eigenvalue weighted by Crippen LogP contribution is -2.38. The van der Waals surface area contributed by atoms with Crippen molar-refractivity contribution in [3.63, 3.8) is 0 Å². The maximum Gasteiger partial charge on any atom is 0.472 e. The lowest BCUT2D eigenvalue weighted by molar-refractivity contribution is -0.145. The van der Waals surface area contributed by atoms with Gasteiger partial charge < -0.3 is 14.7 Å². The first-order valence-electron chi connectivity index (χ1n) is 13.5. The molecular formula is C29H43O7P. The van der Waals surface area contributed by atoms with Crippen LogP contribution < -0.4 is 4.74 Å². The van der Waals surface area contributed by atoms with E-state index < -0.39 is 31.9 Å². The molecule has 0 bridgehead atoms. The molecule has 2 aliphatic rings. The van der Waals surface area contributed by atoms with E-state index in [0.29, 0.717) is 11.3 Å². The average molecular weight is 535 g/mol. The summed E-state index contributed by atoms with van der Waals surface area (Å²) in [7, 11) is -4.17. The highest BCUT2D eigenvalue weighted by molar-refractivity contribution is 7.47. The van der Waals surface area contributed by atoms with Crippen LogP contribution in [0, 0.1) is 11.8 Å². The second kappa shape index (κ2) is 12.8. The molecular weight excluding hydrogens is 491 g/mol. The van der Waals surface area contributed by atoms with Crippen molar-refractivity contribution in [3.8, 4) is 11.5 Å². The van der Waals surface area contributed by atoms with Gasteiger partial charge in [-0.3, -0.25) is 13.8 Å². The number of aromatic hydroxyl groups is 1. The van der Waals surface area contributed by atoms with Crippen molar-refractivity contribution >= 4 is 13.8 Å². The predicted octanol–water partition coefficient (Wildman–Crippen LogP) is 7.37. The average Bonchev–Trinajstić information content (AvgIpc) is 2.74. The monoisotopic (exact) mass is 534 g/mol. The standard InChI is InChI=1S/C29H43O7P/c1-7-8-9-10-21-14-26(30)28(25-13-20(6)11-12-24(25)18(2)3)27(15-21)34-29(31)22-16-23(17-22)36-37(32,33)35-19(4)5/h13-15,19,22-25,30H,2,7-12,16-17H2,1,3-6H3,(H,32,33)/t22?,23?,24-,25+/m0/s1. The highest BCUT2D eigenvalue weighted by atomic mass is 31.2. The minimum Gasteiger partial charge on any atom is -0.507 e. The minimum atomic E-state index is -4.17. The summed E-state index contributed by atoms with van der Waals surface area (Å²) in [5, 5.41) is 11.2. The Balaban J connectivity index is 1.82. The van der Waals surface area contributed by atoms with E-state index in [9.17, 15) is 19.4 Å². The van der Waals surface area contributed by atoms with Crippen LogP contribution in [0.2, 0.25) is 0 Å². The van der Waals surface area contributed by atoms with Crippen LogP contribution in [0.1, 0.15) is 96.6 Å². The number of esters is 1. The molecule has 1 unspecified atom stereocenters. The van der Waals surface area contributed by atoms with Crippen LogP contribution in [-0.2, 0) is 24.8 Å². The third kappa shape index (κ3) is 8.03. The zero-order chi connectivity index (χ0) is 27.3. The van der Waals surface area contributed by atoms with Crippen molar-refractivity contribution in [3.05, 3.63) is 47.1 Å². The number of phosphoric ester groups is 1. The van der Waals surface area contributed by atoms with Gasteiger partial charge in [-0.15, -0.1) is 0 Å². The van der Waals surface area contributed by atoms with Crippen molar-refractivity contribution in [2.45, 2.75) is 104 Å². The van der Waals surface area contributed by atoms with Gasteiger partial charge in [0, 0.05) is 11.5 Å². The SMILES string of the molecule is C=C(C)[C@@H]1CCC(C)=C[C@H]1c1c(O)cc(CCCCC)cc1OC(=O)C1CC(OP(=O)(O)OC(C)C)C1. The van der Waals surface area contributed by atoms with E-state index in [1.807, 2.05) is 13.0 Å². The number of unbranched alkanes of at least 4 members (excludes halogenated alkanes) is 2. The number of phenols is 1. The molecule has 2 aliphatic carbocycles. The molecule has 206 valence electrons. The van der Waals surface area contributed by atoms with Crippen molar-refractivity contribution in [1.82, 2.24) is 0 Å². The number of allylic oxidation sites excluding steroid dienone is 3. The maximum atomic E-state index is 13.1. The normalized spacial score (nSPS) is 25.2. The number of carbonyl (C=O) groups is 1. The Morgan fingerprint density at radius 3 is 2.57 bits per heavy atom. The Morgan fingerprint density at radius 2 is 1.95 bits per heavy atom. The van der Waals surface area contributed by atoms with Crippen LogP contribution in [0.25, 0.3) is 0 Å². The van der Waals surface area contributed by atoms with Crippen molar-refractivity contribution in [2.75, 3.05) is 0 Å². The fourth-order valence-corrected chi connectivity index (χ4v) is 6.36. The summed E-state index contributed by atoms with van der Waals surface area (Å²) in [6, 6.07) is 3.69. The second-order valence-electron chi connectivity index (χ2n) is 11.0. The van der Waals surface area contributed by atoms with Gasteiger partial charge in [0.25, 0.3) is 0 Å². The highest BCUT2D eigenvalue weighted by Gasteiger charge is 2.42. The van der Waals surface area contributed by atoms with Gasteiger partial charge in [0.05, 0.1) is 18.1 Å². The Labute approximate surface area is 221 Å². The van der Waals surface area contributed by atoms with E-state index in [1.54, 1.807) is 19.9 Å². The Kier molecular flexibility index (Phi) is 10.2. The van der Waals surface area contributed by atoms with Gasteiger partial charge in [-0.25, -0.2) is 4.57 Å². The number of phenolic OH excluding ortho intramolecular Hbond substituents is 1.